The van der Waals surface area contributed by atoms with E-state index in [0.29, 0.717) is 6.54 Å². The molecule has 0 amide bonds. The van der Waals surface area contributed by atoms with E-state index >= 15 is 0 Å². The third-order valence-electron chi connectivity index (χ3n) is 3.53. The van der Waals surface area contributed by atoms with E-state index in [1.165, 1.54) is 6.20 Å². The van der Waals surface area contributed by atoms with Crippen LogP contribution in [-0.2, 0) is 11.3 Å². The molecule has 0 spiro atoms. The van der Waals surface area contributed by atoms with Gasteiger partial charge in [0.25, 0.3) is 5.56 Å². The van der Waals surface area contributed by atoms with Crippen LogP contribution < -0.4 is 10.3 Å². The summed E-state index contributed by atoms with van der Waals surface area (Å²) in [6.45, 7) is 2.36. The number of aromatic amines is 1. The summed E-state index contributed by atoms with van der Waals surface area (Å²) in [6.07, 6.45) is 1.47. The summed E-state index contributed by atoms with van der Waals surface area (Å²) in [7, 11) is 0. The van der Waals surface area contributed by atoms with Crippen LogP contribution in [0.5, 0.6) is 11.5 Å². The minimum atomic E-state index is -0.617. The summed E-state index contributed by atoms with van der Waals surface area (Å²) >= 11 is 0. The number of ether oxygens (including phenoxy) is 2. The highest BCUT2D eigenvalue weighted by atomic mass is 16.5. The van der Waals surface area contributed by atoms with Gasteiger partial charge in [0.2, 0.25) is 0 Å². The molecule has 0 aliphatic heterocycles. The molecule has 3 rings (SSSR count). The van der Waals surface area contributed by atoms with Gasteiger partial charge in [-0.15, -0.1) is 0 Å². The fourth-order valence-corrected chi connectivity index (χ4v) is 2.36. The smallest absolute Gasteiger partial charge is 0.345 e. The quantitative estimate of drug-likeness (QED) is 0.701. The maximum absolute atomic E-state index is 11.8. The number of carbonyl (C=O) groups excluding carboxylic acids is 1. The Morgan fingerprint density at radius 1 is 1.04 bits per heavy atom. The molecule has 128 valence electrons. The van der Waals surface area contributed by atoms with Crippen LogP contribution in [-0.4, -0.2) is 22.4 Å². The lowest BCUT2D eigenvalue weighted by Crippen LogP contribution is -2.15. The predicted octanol–water partition coefficient (Wildman–Crippen LogP) is 3.19. The van der Waals surface area contributed by atoms with Gasteiger partial charge in [-0.05, 0) is 36.8 Å². The average molecular weight is 338 g/mol. The zero-order valence-corrected chi connectivity index (χ0v) is 13.8. The van der Waals surface area contributed by atoms with Gasteiger partial charge in [0, 0.05) is 6.20 Å². The van der Waals surface area contributed by atoms with E-state index in [2.05, 4.69) is 5.10 Å². The topological polar surface area (TPSA) is 73.3 Å². The molecule has 0 fully saturated rings. The lowest BCUT2D eigenvalue weighted by atomic mass is 10.2. The molecule has 0 unspecified atom stereocenters. The molecule has 6 nitrogen and oxygen atoms in total. The van der Waals surface area contributed by atoms with Crippen LogP contribution in [0, 0.1) is 0 Å². The number of aromatic nitrogens is 2. The van der Waals surface area contributed by atoms with Crippen molar-refractivity contribution in [2.75, 3.05) is 6.61 Å². The minimum Gasteiger partial charge on any atom is -0.462 e. The summed E-state index contributed by atoms with van der Waals surface area (Å²) in [4.78, 5) is 23.5. The maximum Gasteiger partial charge on any atom is 0.345 e. The van der Waals surface area contributed by atoms with Gasteiger partial charge < -0.3 is 9.47 Å². The lowest BCUT2D eigenvalue weighted by molar-refractivity contribution is 0.0525. The van der Waals surface area contributed by atoms with E-state index in [4.69, 9.17) is 9.47 Å². The Morgan fingerprint density at radius 2 is 1.72 bits per heavy atom. The molecule has 1 heterocycles. The van der Waals surface area contributed by atoms with Crippen molar-refractivity contribution in [3.63, 3.8) is 0 Å². The summed E-state index contributed by atoms with van der Waals surface area (Å²) in [5.41, 5.74) is 0.510. The summed E-state index contributed by atoms with van der Waals surface area (Å²) in [5.74, 6) is 0.876. The molecule has 3 aromatic rings. The van der Waals surface area contributed by atoms with Crippen molar-refractivity contribution in [2.45, 2.75) is 13.5 Å². The normalized spacial score (nSPS) is 10.4. The standard InChI is InChI=1S/C19H18N2O4/c1-2-24-19(23)17-13-21(20-18(17)22)12-14-8-10-16(11-9-14)25-15-6-4-3-5-7-15/h3-11,13H,2,12H2,1H3,(H,20,22). The first-order valence-corrected chi connectivity index (χ1v) is 7.94. The van der Waals surface area contributed by atoms with Crippen molar-refractivity contribution < 1.29 is 14.3 Å². The Hall–Kier alpha value is -3.28. The minimum absolute atomic E-state index is 0.00545. The highest BCUT2D eigenvalue weighted by Gasteiger charge is 2.14. The molecule has 0 saturated carbocycles. The predicted molar refractivity (Wildman–Crippen MR) is 93.1 cm³/mol. The average Bonchev–Trinajstić information content (AvgIpc) is 2.98. The summed E-state index contributed by atoms with van der Waals surface area (Å²) in [6, 6.07) is 17.0. The third kappa shape index (κ3) is 4.17. The van der Waals surface area contributed by atoms with Gasteiger partial charge in [-0.3, -0.25) is 14.6 Å². The van der Waals surface area contributed by atoms with Crippen LogP contribution in [0.3, 0.4) is 0 Å². The molecule has 1 aromatic heterocycles. The van der Waals surface area contributed by atoms with Crippen LogP contribution in [0.25, 0.3) is 0 Å². The summed E-state index contributed by atoms with van der Waals surface area (Å²) in [5, 5.41) is 2.62. The van der Waals surface area contributed by atoms with Gasteiger partial charge in [-0.25, -0.2) is 4.79 Å². The zero-order valence-electron chi connectivity index (χ0n) is 13.8. The number of para-hydroxylation sites is 1. The SMILES string of the molecule is CCOC(=O)c1cn(Cc2ccc(Oc3ccccc3)cc2)[nH]c1=O. The second-order valence-electron chi connectivity index (χ2n) is 5.39. The molecule has 0 aliphatic carbocycles. The first-order valence-electron chi connectivity index (χ1n) is 7.94. The van der Waals surface area contributed by atoms with Crippen molar-refractivity contribution in [1.29, 1.82) is 0 Å². The first-order chi connectivity index (χ1) is 12.2. The van der Waals surface area contributed by atoms with Gasteiger partial charge >= 0.3 is 5.97 Å². The number of carbonyl (C=O) groups is 1. The number of nitrogens with one attached hydrogen (secondary N) is 1. The number of benzene rings is 2. The third-order valence-corrected chi connectivity index (χ3v) is 3.53. The number of rotatable bonds is 6. The lowest BCUT2D eigenvalue weighted by Gasteiger charge is -2.07. The first kappa shape index (κ1) is 16.6. The second-order valence-corrected chi connectivity index (χ2v) is 5.39. The zero-order chi connectivity index (χ0) is 17.6. The molecule has 0 radical (unpaired) electrons. The fraction of sp³-hybridized carbons (Fsp3) is 0.158. The molecule has 0 atom stereocenters. The second kappa shape index (κ2) is 7.53. The van der Waals surface area contributed by atoms with Gasteiger partial charge in [0.1, 0.15) is 17.1 Å². The van der Waals surface area contributed by atoms with Crippen LogP contribution >= 0.6 is 0 Å². The van der Waals surface area contributed by atoms with E-state index in [0.717, 1.165) is 17.1 Å². The van der Waals surface area contributed by atoms with Crippen LogP contribution in [0.1, 0.15) is 22.8 Å². The van der Waals surface area contributed by atoms with Gasteiger partial charge in [0.15, 0.2) is 0 Å². The van der Waals surface area contributed by atoms with Crippen molar-refractivity contribution in [3.05, 3.63) is 82.3 Å². The van der Waals surface area contributed by atoms with Crippen molar-refractivity contribution in [2.24, 2.45) is 0 Å². The van der Waals surface area contributed by atoms with Crippen LogP contribution in [0.4, 0.5) is 0 Å². The largest absolute Gasteiger partial charge is 0.462 e. The molecule has 6 heteroatoms. The Balaban J connectivity index is 1.68. The highest BCUT2D eigenvalue weighted by molar-refractivity contribution is 5.88. The van der Waals surface area contributed by atoms with E-state index < -0.39 is 11.5 Å². The number of H-pyrrole nitrogens is 1. The highest BCUT2D eigenvalue weighted by Crippen LogP contribution is 2.21. The van der Waals surface area contributed by atoms with Crippen molar-refractivity contribution >= 4 is 5.97 Å². The molecular formula is C19H18N2O4. The number of hydrogen-bond acceptors (Lipinski definition) is 4. The number of hydrogen-bond donors (Lipinski definition) is 1. The molecule has 0 bridgehead atoms. The Labute approximate surface area is 144 Å². The molecule has 25 heavy (non-hydrogen) atoms. The van der Waals surface area contributed by atoms with Gasteiger partial charge in [0.05, 0.1) is 13.2 Å². The fourth-order valence-electron chi connectivity index (χ4n) is 2.36. The van der Waals surface area contributed by atoms with E-state index in [1.807, 2.05) is 54.6 Å². The Bertz CT molecular complexity index is 895. The Morgan fingerprint density at radius 3 is 2.40 bits per heavy atom. The molecule has 2 aromatic carbocycles. The van der Waals surface area contributed by atoms with Crippen LogP contribution in [0.2, 0.25) is 0 Å². The van der Waals surface area contributed by atoms with Gasteiger partial charge in [-0.1, -0.05) is 30.3 Å². The Kier molecular flexibility index (Phi) is 4.99. The maximum atomic E-state index is 11.8. The van der Waals surface area contributed by atoms with Gasteiger partial charge in [-0.2, -0.15) is 0 Å². The summed E-state index contributed by atoms with van der Waals surface area (Å²) < 4.78 is 12.2. The monoisotopic (exact) mass is 338 g/mol. The van der Waals surface area contributed by atoms with E-state index in [-0.39, 0.29) is 12.2 Å². The van der Waals surface area contributed by atoms with E-state index in [1.54, 1.807) is 11.6 Å². The van der Waals surface area contributed by atoms with Crippen molar-refractivity contribution in [3.8, 4) is 11.5 Å². The molecule has 0 saturated heterocycles. The molecular weight excluding hydrogens is 320 g/mol. The van der Waals surface area contributed by atoms with Crippen molar-refractivity contribution in [1.82, 2.24) is 9.78 Å². The number of nitrogens with zero attached hydrogens (tertiary/aromatic N) is 1. The molecule has 0 aliphatic rings. The van der Waals surface area contributed by atoms with Crippen LogP contribution in [0.15, 0.2) is 65.6 Å². The number of esters is 1. The molecule has 1 N–H and O–H groups in total. The van der Waals surface area contributed by atoms with E-state index in [9.17, 15) is 9.59 Å².